The van der Waals surface area contributed by atoms with Crippen molar-refractivity contribution < 1.29 is 9.53 Å². The van der Waals surface area contributed by atoms with E-state index in [1.807, 2.05) is 44.3 Å². The average molecular weight is 512 g/mol. The Morgan fingerprint density at radius 2 is 1.65 bits per heavy atom. The Hall–Kier alpha value is -4.31. The lowest BCUT2D eigenvalue weighted by molar-refractivity contribution is 0.102. The van der Waals surface area contributed by atoms with Gasteiger partial charge in [0.25, 0.3) is 5.91 Å². The maximum Gasteiger partial charge on any atom is 0.259 e. The van der Waals surface area contributed by atoms with Crippen molar-refractivity contribution >= 4 is 32.9 Å². The molecule has 0 aromatic carbocycles. The smallest absolute Gasteiger partial charge is 0.259 e. The van der Waals surface area contributed by atoms with Gasteiger partial charge in [0, 0.05) is 34.9 Å². The molecular weight excluding hydrogens is 486 g/mol. The Balaban J connectivity index is 1.45. The van der Waals surface area contributed by atoms with Gasteiger partial charge in [-0.15, -0.1) is 0 Å². The normalized spacial score (nSPS) is 11.2. The minimum Gasteiger partial charge on any atom is -0.494 e. The Morgan fingerprint density at radius 3 is 2.35 bits per heavy atom. The number of aryl methyl sites for hydroxylation is 2. The predicted molar refractivity (Wildman–Crippen MR) is 144 cm³/mol. The molecule has 0 fully saturated rings. The molecule has 0 saturated heterocycles. The molecule has 186 valence electrons. The van der Waals surface area contributed by atoms with Crippen molar-refractivity contribution in [1.82, 2.24) is 29.9 Å². The van der Waals surface area contributed by atoms with Crippen LogP contribution in [0.4, 0.5) is 5.13 Å². The van der Waals surface area contributed by atoms with E-state index >= 15 is 0 Å². The molecule has 0 radical (unpaired) electrons. The minimum absolute atomic E-state index is 0.343. The summed E-state index contributed by atoms with van der Waals surface area (Å²) in [4.78, 5) is 40.7. The summed E-state index contributed by atoms with van der Waals surface area (Å²) in [5.41, 5.74) is 6.43. The highest BCUT2D eigenvalue weighted by molar-refractivity contribution is 7.21. The first kappa shape index (κ1) is 24.4. The van der Waals surface area contributed by atoms with E-state index in [0.29, 0.717) is 44.1 Å². The minimum atomic E-state index is -0.343. The van der Waals surface area contributed by atoms with Gasteiger partial charge in [-0.3, -0.25) is 25.1 Å². The molecule has 1 amide bonds. The van der Waals surface area contributed by atoms with Crippen LogP contribution in [0.3, 0.4) is 0 Å². The third-order valence-corrected chi connectivity index (χ3v) is 6.71. The highest BCUT2D eigenvalue weighted by Crippen LogP contribution is 2.33. The van der Waals surface area contributed by atoms with E-state index in [0.717, 1.165) is 28.2 Å². The van der Waals surface area contributed by atoms with Gasteiger partial charge in [-0.1, -0.05) is 31.3 Å². The van der Waals surface area contributed by atoms with Crippen LogP contribution in [0, 0.1) is 13.8 Å². The Labute approximate surface area is 218 Å². The predicted octanol–water partition coefficient (Wildman–Crippen LogP) is 5.61. The third kappa shape index (κ3) is 5.01. The van der Waals surface area contributed by atoms with Crippen molar-refractivity contribution in [2.24, 2.45) is 0 Å². The Kier molecular flexibility index (Phi) is 6.58. The van der Waals surface area contributed by atoms with Crippen molar-refractivity contribution in [2.75, 3.05) is 12.4 Å². The van der Waals surface area contributed by atoms with Crippen molar-refractivity contribution in [3.8, 4) is 28.3 Å². The molecule has 0 aliphatic rings. The largest absolute Gasteiger partial charge is 0.494 e. The lowest BCUT2D eigenvalue weighted by Crippen LogP contribution is -2.14. The fourth-order valence-corrected chi connectivity index (χ4v) is 4.64. The fourth-order valence-electron chi connectivity index (χ4n) is 3.85. The van der Waals surface area contributed by atoms with E-state index in [1.54, 1.807) is 25.7 Å². The lowest BCUT2D eigenvalue weighted by atomic mass is 9.99. The number of ether oxygens (including phenoxy) is 1. The van der Waals surface area contributed by atoms with E-state index in [1.165, 1.54) is 11.3 Å². The van der Waals surface area contributed by atoms with Crippen LogP contribution in [0.2, 0.25) is 0 Å². The van der Waals surface area contributed by atoms with E-state index in [9.17, 15) is 4.79 Å². The summed E-state index contributed by atoms with van der Waals surface area (Å²) in [6, 6.07) is 7.73. The van der Waals surface area contributed by atoms with Crippen LogP contribution in [0.25, 0.3) is 33.0 Å². The quantitative estimate of drug-likeness (QED) is 0.313. The van der Waals surface area contributed by atoms with Gasteiger partial charge in [0.1, 0.15) is 11.4 Å². The number of methoxy groups -OCH3 is 1. The number of thiazole rings is 1. The van der Waals surface area contributed by atoms with Gasteiger partial charge in [0.05, 0.1) is 30.8 Å². The number of nitrogens with zero attached hydrogens (tertiary/aromatic N) is 6. The number of amides is 1. The first-order valence-corrected chi connectivity index (χ1v) is 12.5. The zero-order chi connectivity index (χ0) is 26.1. The van der Waals surface area contributed by atoms with Gasteiger partial charge in [-0.05, 0) is 43.5 Å². The topological polar surface area (TPSA) is 116 Å². The molecule has 1 N–H and O–H groups in total. The molecule has 0 aliphatic carbocycles. The molecule has 0 saturated carbocycles. The molecule has 0 bridgehead atoms. The van der Waals surface area contributed by atoms with Gasteiger partial charge in [-0.25, -0.2) is 9.97 Å². The molecule has 9 nitrogen and oxygen atoms in total. The van der Waals surface area contributed by atoms with E-state index in [2.05, 4.69) is 49.1 Å². The first-order chi connectivity index (χ1) is 17.8. The molecule has 5 aromatic heterocycles. The van der Waals surface area contributed by atoms with Gasteiger partial charge < -0.3 is 4.74 Å². The molecule has 5 aromatic rings. The van der Waals surface area contributed by atoms with Crippen molar-refractivity contribution in [3.05, 3.63) is 71.6 Å². The number of carbonyl (C=O) groups is 1. The first-order valence-electron chi connectivity index (χ1n) is 11.7. The zero-order valence-electron chi connectivity index (χ0n) is 21.1. The summed E-state index contributed by atoms with van der Waals surface area (Å²) in [5, 5.41) is 3.28. The molecule has 0 aliphatic heterocycles. The number of nitrogens with one attached hydrogen (secondary N) is 1. The van der Waals surface area contributed by atoms with Crippen LogP contribution in [0.1, 0.15) is 47.1 Å². The van der Waals surface area contributed by atoms with Gasteiger partial charge >= 0.3 is 0 Å². The second-order valence-electron chi connectivity index (χ2n) is 8.89. The molecule has 10 heteroatoms. The molecular formula is C27H25N7O2S. The summed E-state index contributed by atoms with van der Waals surface area (Å²) < 4.78 is 5.51. The number of hydrogen-bond acceptors (Lipinski definition) is 9. The number of hydrogen-bond donors (Lipinski definition) is 1. The summed E-state index contributed by atoms with van der Waals surface area (Å²) in [5.74, 6) is 0.626. The number of rotatable bonds is 6. The standard InChI is InChI=1S/C27H25N7O2S/c1-14(2)17-6-7-21(30-10-17)22-12-31-24-26(32-22)37-27(33-24)34-25(35)20-11-28-15(3)8-18(20)19-9-16(4)29-13-23(19)36-5/h6-14H,1-5H3,(H,31,33,34,35). The number of fused-ring (bicyclic) bond motifs is 1. The summed E-state index contributed by atoms with van der Waals surface area (Å²) in [7, 11) is 1.58. The van der Waals surface area contributed by atoms with E-state index in [4.69, 9.17) is 4.74 Å². The maximum absolute atomic E-state index is 13.4. The molecule has 0 spiro atoms. The SMILES string of the molecule is COc1cnc(C)cc1-c1cc(C)ncc1C(=O)Nc1nc2ncc(-c3ccc(C(C)C)cn3)nc2s1. The highest BCUT2D eigenvalue weighted by Gasteiger charge is 2.19. The molecule has 5 heterocycles. The number of carbonyl (C=O) groups excluding carboxylic acids is 1. The molecule has 5 rings (SSSR count). The Morgan fingerprint density at radius 1 is 0.892 bits per heavy atom. The van der Waals surface area contributed by atoms with Crippen LogP contribution in [-0.2, 0) is 0 Å². The van der Waals surface area contributed by atoms with Gasteiger partial charge in [-0.2, -0.15) is 4.98 Å². The van der Waals surface area contributed by atoms with Crippen LogP contribution >= 0.6 is 11.3 Å². The summed E-state index contributed by atoms with van der Waals surface area (Å²) in [6.07, 6.45) is 6.71. The fraction of sp³-hybridized carbons (Fsp3) is 0.222. The molecule has 0 unspecified atom stereocenters. The second kappa shape index (κ2) is 9.98. The zero-order valence-corrected chi connectivity index (χ0v) is 21.9. The maximum atomic E-state index is 13.4. The van der Waals surface area contributed by atoms with Crippen molar-refractivity contribution in [3.63, 3.8) is 0 Å². The summed E-state index contributed by atoms with van der Waals surface area (Å²) in [6.45, 7) is 8.01. The van der Waals surface area contributed by atoms with Crippen LogP contribution in [0.15, 0.2) is 49.1 Å². The average Bonchev–Trinajstić information content (AvgIpc) is 3.30. The number of aromatic nitrogens is 6. The van der Waals surface area contributed by atoms with Crippen LogP contribution < -0.4 is 10.1 Å². The monoisotopic (exact) mass is 511 g/mol. The van der Waals surface area contributed by atoms with E-state index < -0.39 is 0 Å². The summed E-state index contributed by atoms with van der Waals surface area (Å²) >= 11 is 1.25. The van der Waals surface area contributed by atoms with Crippen LogP contribution in [-0.4, -0.2) is 42.9 Å². The van der Waals surface area contributed by atoms with Crippen LogP contribution in [0.5, 0.6) is 5.75 Å². The molecule has 0 atom stereocenters. The number of pyridine rings is 3. The van der Waals surface area contributed by atoms with Gasteiger partial charge in [0.2, 0.25) is 0 Å². The Bertz CT molecular complexity index is 1610. The number of anilines is 1. The highest BCUT2D eigenvalue weighted by atomic mass is 32.1. The van der Waals surface area contributed by atoms with E-state index in [-0.39, 0.29) is 5.91 Å². The molecule has 37 heavy (non-hydrogen) atoms. The van der Waals surface area contributed by atoms with Crippen molar-refractivity contribution in [2.45, 2.75) is 33.6 Å². The third-order valence-electron chi connectivity index (χ3n) is 5.86. The lowest BCUT2D eigenvalue weighted by Gasteiger charge is -2.13. The second-order valence-corrected chi connectivity index (χ2v) is 9.86. The van der Waals surface area contributed by atoms with Gasteiger partial charge in [0.15, 0.2) is 15.6 Å². The van der Waals surface area contributed by atoms with Crippen molar-refractivity contribution in [1.29, 1.82) is 0 Å².